The van der Waals surface area contributed by atoms with Crippen LogP contribution in [0.4, 0.5) is 0 Å². The van der Waals surface area contributed by atoms with Gasteiger partial charge < -0.3 is 4.90 Å². The monoisotopic (exact) mass is 160 g/mol. The van der Waals surface area contributed by atoms with E-state index in [-0.39, 0.29) is 11.4 Å². The van der Waals surface area contributed by atoms with Gasteiger partial charge in [0.2, 0.25) is 5.91 Å². The van der Waals surface area contributed by atoms with E-state index >= 15 is 0 Å². The molecule has 1 heterocycles. The number of amides is 1. The van der Waals surface area contributed by atoms with E-state index in [2.05, 4.69) is 5.32 Å². The molecule has 1 fully saturated rings. The number of nitrogens with one attached hydrogen (secondary N) is 1. The Morgan fingerprint density at radius 2 is 2.50 bits per heavy atom. The Balaban J connectivity index is 2.50. The van der Waals surface area contributed by atoms with Gasteiger partial charge in [-0.15, -0.1) is 11.8 Å². The number of hydrogen-bond acceptors (Lipinski definition) is 3. The van der Waals surface area contributed by atoms with Gasteiger partial charge in [-0.25, -0.2) is 0 Å². The van der Waals surface area contributed by atoms with Crippen molar-refractivity contribution in [1.82, 2.24) is 10.2 Å². The third-order valence-electron chi connectivity index (χ3n) is 1.58. The van der Waals surface area contributed by atoms with E-state index in [0.29, 0.717) is 0 Å². The van der Waals surface area contributed by atoms with E-state index < -0.39 is 0 Å². The van der Waals surface area contributed by atoms with Crippen molar-refractivity contribution in [3.63, 3.8) is 0 Å². The second kappa shape index (κ2) is 3.25. The van der Waals surface area contributed by atoms with Gasteiger partial charge >= 0.3 is 0 Å². The van der Waals surface area contributed by atoms with Crippen molar-refractivity contribution in [2.24, 2.45) is 0 Å². The van der Waals surface area contributed by atoms with E-state index in [1.165, 1.54) is 0 Å². The quantitative estimate of drug-likeness (QED) is 0.590. The van der Waals surface area contributed by atoms with E-state index in [9.17, 15) is 4.79 Å². The van der Waals surface area contributed by atoms with Gasteiger partial charge in [0.05, 0.1) is 0 Å². The fourth-order valence-electron chi connectivity index (χ4n) is 1.07. The molecule has 0 saturated carbocycles. The topological polar surface area (TPSA) is 32.3 Å². The molecule has 1 saturated heterocycles. The molecule has 0 aliphatic carbocycles. The van der Waals surface area contributed by atoms with Gasteiger partial charge in [0.1, 0.15) is 5.50 Å². The minimum Gasteiger partial charge on any atom is -0.317 e. The van der Waals surface area contributed by atoms with E-state index in [1.807, 2.05) is 11.2 Å². The predicted octanol–water partition coefficient (Wildman–Crippen LogP) is 0.0847. The fourth-order valence-corrected chi connectivity index (χ4v) is 1.86. The van der Waals surface area contributed by atoms with Crippen LogP contribution in [0.1, 0.15) is 6.92 Å². The van der Waals surface area contributed by atoms with Gasteiger partial charge in [0, 0.05) is 20.0 Å². The Bertz CT molecular complexity index is 140. The number of nitrogens with zero attached hydrogens (tertiary/aromatic N) is 1. The van der Waals surface area contributed by atoms with Crippen molar-refractivity contribution in [1.29, 1.82) is 0 Å². The van der Waals surface area contributed by atoms with E-state index in [4.69, 9.17) is 0 Å². The summed E-state index contributed by atoms with van der Waals surface area (Å²) in [6.45, 7) is 3.38. The first-order chi connectivity index (χ1) is 4.75. The highest BCUT2D eigenvalue weighted by atomic mass is 32.2. The molecule has 58 valence electrons. The van der Waals surface area contributed by atoms with Crippen LogP contribution in [0.15, 0.2) is 0 Å². The summed E-state index contributed by atoms with van der Waals surface area (Å²) in [5, 5.41) is 3.21. The van der Waals surface area contributed by atoms with Gasteiger partial charge in [-0.05, 0) is 6.26 Å². The molecule has 0 radical (unpaired) electrons. The van der Waals surface area contributed by atoms with Crippen molar-refractivity contribution in [3.05, 3.63) is 0 Å². The summed E-state index contributed by atoms with van der Waals surface area (Å²) in [4.78, 5) is 12.7. The van der Waals surface area contributed by atoms with Gasteiger partial charge in [-0.2, -0.15) is 0 Å². The summed E-state index contributed by atoms with van der Waals surface area (Å²) in [5.41, 5.74) is 0.206. The predicted molar refractivity (Wildman–Crippen MR) is 42.7 cm³/mol. The first-order valence-corrected chi connectivity index (χ1v) is 4.58. The second-order valence-electron chi connectivity index (χ2n) is 2.25. The lowest BCUT2D eigenvalue weighted by molar-refractivity contribution is -0.128. The van der Waals surface area contributed by atoms with Crippen LogP contribution < -0.4 is 5.32 Å². The molecular formula is C6H12N2OS. The molecule has 0 bridgehead atoms. The molecule has 0 aromatic carbocycles. The van der Waals surface area contributed by atoms with Crippen LogP contribution in [-0.4, -0.2) is 35.7 Å². The van der Waals surface area contributed by atoms with E-state index in [0.717, 1.165) is 13.1 Å². The molecule has 1 N–H and O–H groups in total. The smallest absolute Gasteiger partial charge is 0.221 e. The molecule has 0 spiro atoms. The van der Waals surface area contributed by atoms with Gasteiger partial charge in [-0.3, -0.25) is 10.1 Å². The molecule has 10 heavy (non-hydrogen) atoms. The average Bonchev–Trinajstić information content (AvgIpc) is 2.33. The van der Waals surface area contributed by atoms with Crippen LogP contribution in [-0.2, 0) is 4.79 Å². The summed E-state index contributed by atoms with van der Waals surface area (Å²) in [7, 11) is 0. The number of rotatable bonds is 1. The van der Waals surface area contributed by atoms with Crippen molar-refractivity contribution in [2.75, 3.05) is 19.3 Å². The lowest BCUT2D eigenvalue weighted by atomic mass is 10.5. The lowest BCUT2D eigenvalue weighted by Gasteiger charge is -2.20. The van der Waals surface area contributed by atoms with Gasteiger partial charge in [0.15, 0.2) is 0 Å². The molecule has 3 nitrogen and oxygen atoms in total. The number of hydrogen-bond donors (Lipinski definition) is 1. The SMILES string of the molecule is CSC1NCCN1C(C)=O. The highest BCUT2D eigenvalue weighted by molar-refractivity contribution is 7.99. The summed E-state index contributed by atoms with van der Waals surface area (Å²) in [6, 6.07) is 0. The minimum absolute atomic E-state index is 0.157. The van der Waals surface area contributed by atoms with Crippen molar-refractivity contribution < 1.29 is 4.79 Å². The zero-order valence-corrected chi connectivity index (χ0v) is 7.07. The third-order valence-corrected chi connectivity index (χ3v) is 2.45. The Kier molecular flexibility index (Phi) is 2.56. The molecule has 1 aliphatic heterocycles. The van der Waals surface area contributed by atoms with Crippen LogP contribution >= 0.6 is 11.8 Å². The minimum atomic E-state index is 0.157. The van der Waals surface area contributed by atoms with Crippen LogP contribution in [0.3, 0.4) is 0 Å². The largest absolute Gasteiger partial charge is 0.317 e. The summed E-state index contributed by atoms with van der Waals surface area (Å²) in [5.74, 6) is 0.157. The maximum atomic E-state index is 10.9. The molecule has 1 rings (SSSR count). The Hall–Kier alpha value is -0.220. The normalized spacial score (nSPS) is 25.4. The Morgan fingerprint density at radius 3 is 2.90 bits per heavy atom. The summed E-state index contributed by atoms with van der Waals surface area (Å²) < 4.78 is 0. The van der Waals surface area contributed by atoms with Crippen LogP contribution in [0.25, 0.3) is 0 Å². The molecule has 0 aromatic heterocycles. The maximum Gasteiger partial charge on any atom is 0.221 e. The molecule has 1 unspecified atom stereocenters. The van der Waals surface area contributed by atoms with Gasteiger partial charge in [0.25, 0.3) is 0 Å². The molecule has 0 aromatic rings. The van der Waals surface area contributed by atoms with E-state index in [1.54, 1.807) is 18.7 Å². The standard InChI is InChI=1S/C6H12N2OS/c1-5(9)8-4-3-7-6(8)10-2/h6-7H,3-4H2,1-2H3. The number of thioether (sulfide) groups is 1. The summed E-state index contributed by atoms with van der Waals surface area (Å²) in [6.07, 6.45) is 2.00. The number of carbonyl (C=O) groups excluding carboxylic acids is 1. The first-order valence-electron chi connectivity index (χ1n) is 3.29. The van der Waals surface area contributed by atoms with Crippen molar-refractivity contribution >= 4 is 17.7 Å². The van der Waals surface area contributed by atoms with Crippen LogP contribution in [0.2, 0.25) is 0 Å². The Morgan fingerprint density at radius 1 is 1.80 bits per heavy atom. The average molecular weight is 160 g/mol. The van der Waals surface area contributed by atoms with Crippen molar-refractivity contribution in [3.8, 4) is 0 Å². The zero-order valence-electron chi connectivity index (χ0n) is 6.26. The Labute approximate surface area is 65.2 Å². The molecule has 1 amide bonds. The number of carbonyl (C=O) groups is 1. The molecule has 4 heteroatoms. The third kappa shape index (κ3) is 1.44. The molecule has 1 aliphatic rings. The van der Waals surface area contributed by atoms with Crippen LogP contribution in [0, 0.1) is 0 Å². The molecular weight excluding hydrogens is 148 g/mol. The highest BCUT2D eigenvalue weighted by Crippen LogP contribution is 2.13. The lowest BCUT2D eigenvalue weighted by Crippen LogP contribution is -2.35. The highest BCUT2D eigenvalue weighted by Gasteiger charge is 2.24. The van der Waals surface area contributed by atoms with Crippen molar-refractivity contribution in [2.45, 2.75) is 12.4 Å². The molecule has 1 atom stereocenters. The maximum absolute atomic E-state index is 10.9. The summed E-state index contributed by atoms with van der Waals surface area (Å²) >= 11 is 1.66. The van der Waals surface area contributed by atoms with Crippen LogP contribution in [0.5, 0.6) is 0 Å². The first kappa shape index (κ1) is 7.88. The van der Waals surface area contributed by atoms with Gasteiger partial charge in [-0.1, -0.05) is 0 Å². The zero-order chi connectivity index (χ0) is 7.56. The fraction of sp³-hybridized carbons (Fsp3) is 0.833. The second-order valence-corrected chi connectivity index (χ2v) is 3.17.